The van der Waals surface area contributed by atoms with Crippen molar-refractivity contribution in [1.29, 1.82) is 0 Å². The van der Waals surface area contributed by atoms with Crippen molar-refractivity contribution in [2.45, 2.75) is 59.6 Å². The van der Waals surface area contributed by atoms with Crippen LogP contribution in [-0.4, -0.2) is 25.9 Å². The number of benzene rings is 1. The van der Waals surface area contributed by atoms with Gasteiger partial charge in [0.05, 0.1) is 18.8 Å². The Morgan fingerprint density at radius 1 is 1.19 bits per heavy atom. The number of aryl methyl sites for hydroxylation is 1. The lowest BCUT2D eigenvalue weighted by Gasteiger charge is -2.36. The van der Waals surface area contributed by atoms with Crippen LogP contribution in [0.2, 0.25) is 0 Å². The van der Waals surface area contributed by atoms with Gasteiger partial charge in [-0.2, -0.15) is 0 Å². The van der Waals surface area contributed by atoms with E-state index in [0.717, 1.165) is 18.7 Å². The van der Waals surface area contributed by atoms with Gasteiger partial charge in [0.1, 0.15) is 5.75 Å². The maximum absolute atomic E-state index is 5.99. The Labute approximate surface area is 130 Å². The summed E-state index contributed by atoms with van der Waals surface area (Å²) in [5.74, 6) is 0.969. The van der Waals surface area contributed by atoms with Crippen LogP contribution in [0.3, 0.4) is 0 Å². The van der Waals surface area contributed by atoms with Crippen molar-refractivity contribution in [3.63, 3.8) is 0 Å². The van der Waals surface area contributed by atoms with E-state index in [-0.39, 0.29) is 11.6 Å². The first kappa shape index (κ1) is 18.0. The van der Waals surface area contributed by atoms with Crippen molar-refractivity contribution in [1.82, 2.24) is 5.32 Å². The fourth-order valence-electron chi connectivity index (χ4n) is 2.78. The second-order valence-electron chi connectivity index (χ2n) is 6.05. The molecule has 3 heteroatoms. The average molecular weight is 293 g/mol. The summed E-state index contributed by atoms with van der Waals surface area (Å²) >= 11 is 0. The lowest BCUT2D eigenvalue weighted by Crippen LogP contribution is -2.42. The zero-order valence-electron chi connectivity index (χ0n) is 14.7. The molecule has 1 aromatic carbocycles. The topological polar surface area (TPSA) is 30.5 Å². The summed E-state index contributed by atoms with van der Waals surface area (Å²) in [5.41, 5.74) is 3.33. The molecule has 1 unspecified atom stereocenters. The van der Waals surface area contributed by atoms with Crippen LogP contribution in [0.4, 0.5) is 0 Å². The summed E-state index contributed by atoms with van der Waals surface area (Å²) in [7, 11) is 1.75. The van der Waals surface area contributed by atoms with E-state index in [1.54, 1.807) is 7.11 Å². The molecule has 1 rings (SSSR count). The molecule has 0 spiro atoms. The van der Waals surface area contributed by atoms with Crippen molar-refractivity contribution in [2.24, 2.45) is 0 Å². The minimum atomic E-state index is -0.293. The van der Waals surface area contributed by atoms with E-state index in [4.69, 9.17) is 9.47 Å². The molecule has 3 nitrogen and oxygen atoms in total. The summed E-state index contributed by atoms with van der Waals surface area (Å²) in [6.45, 7) is 14.4. The molecule has 0 saturated carbocycles. The van der Waals surface area contributed by atoms with Gasteiger partial charge >= 0.3 is 0 Å². The minimum Gasteiger partial charge on any atom is -0.496 e. The molecule has 0 heterocycles. The molecule has 0 fully saturated rings. The van der Waals surface area contributed by atoms with Crippen molar-refractivity contribution < 1.29 is 9.47 Å². The van der Waals surface area contributed by atoms with Gasteiger partial charge in [-0.15, -0.1) is 0 Å². The van der Waals surface area contributed by atoms with E-state index in [1.807, 2.05) is 6.92 Å². The number of hydrogen-bond donors (Lipinski definition) is 1. The Morgan fingerprint density at radius 2 is 1.86 bits per heavy atom. The third-order valence-electron chi connectivity index (χ3n) is 4.03. The van der Waals surface area contributed by atoms with Crippen LogP contribution in [0.5, 0.6) is 5.75 Å². The molecule has 1 aromatic rings. The molecule has 0 saturated heterocycles. The van der Waals surface area contributed by atoms with Gasteiger partial charge in [-0.3, -0.25) is 0 Å². The Kier molecular flexibility index (Phi) is 6.69. The number of rotatable bonds is 8. The highest BCUT2D eigenvalue weighted by molar-refractivity contribution is 5.47. The minimum absolute atomic E-state index is 0.103. The Morgan fingerprint density at radius 3 is 2.38 bits per heavy atom. The third kappa shape index (κ3) is 4.21. The quantitative estimate of drug-likeness (QED) is 0.780. The van der Waals surface area contributed by atoms with Crippen LogP contribution < -0.4 is 10.1 Å². The molecular formula is C18H31NO2. The predicted octanol–water partition coefficient (Wildman–Crippen LogP) is 4.17. The first-order chi connectivity index (χ1) is 9.88. The number of nitrogens with one attached hydrogen (secondary N) is 1. The Hall–Kier alpha value is -1.06. The van der Waals surface area contributed by atoms with Gasteiger partial charge in [0.15, 0.2) is 0 Å². The molecule has 1 N–H and O–H groups in total. The van der Waals surface area contributed by atoms with E-state index < -0.39 is 0 Å². The summed E-state index contributed by atoms with van der Waals surface area (Å²) in [6, 6.07) is 4.43. The van der Waals surface area contributed by atoms with Crippen molar-refractivity contribution >= 4 is 0 Å². The van der Waals surface area contributed by atoms with E-state index in [9.17, 15) is 0 Å². The van der Waals surface area contributed by atoms with Crippen LogP contribution in [0.1, 0.15) is 56.8 Å². The van der Waals surface area contributed by atoms with E-state index >= 15 is 0 Å². The van der Waals surface area contributed by atoms with Gasteiger partial charge in [-0.25, -0.2) is 0 Å². The number of ether oxygens (including phenoxy) is 2. The zero-order chi connectivity index (χ0) is 16.0. The van der Waals surface area contributed by atoms with E-state index in [1.165, 1.54) is 16.7 Å². The highest BCUT2D eigenvalue weighted by Gasteiger charge is 2.33. The van der Waals surface area contributed by atoms with Crippen LogP contribution in [0, 0.1) is 13.8 Å². The molecule has 0 bridgehead atoms. The molecule has 0 aliphatic rings. The normalized spacial score (nSPS) is 13.3. The second-order valence-corrected chi connectivity index (χ2v) is 6.05. The van der Waals surface area contributed by atoms with Gasteiger partial charge in [0.25, 0.3) is 0 Å². The van der Waals surface area contributed by atoms with Crippen LogP contribution in [0.25, 0.3) is 0 Å². The fraction of sp³-hybridized carbons (Fsp3) is 0.667. The van der Waals surface area contributed by atoms with Gasteiger partial charge in [-0.05, 0) is 58.7 Å². The Bertz CT molecular complexity index is 455. The number of hydrogen-bond acceptors (Lipinski definition) is 3. The van der Waals surface area contributed by atoms with Crippen LogP contribution in [-0.2, 0) is 4.74 Å². The van der Waals surface area contributed by atoms with Gasteiger partial charge < -0.3 is 14.8 Å². The van der Waals surface area contributed by atoms with E-state index in [0.29, 0.717) is 6.61 Å². The average Bonchev–Trinajstić information content (AvgIpc) is 2.43. The molecule has 0 aliphatic carbocycles. The van der Waals surface area contributed by atoms with E-state index in [2.05, 4.69) is 52.1 Å². The lowest BCUT2D eigenvalue weighted by atomic mass is 9.88. The molecule has 0 amide bonds. The van der Waals surface area contributed by atoms with Crippen LogP contribution >= 0.6 is 0 Å². The first-order valence-corrected chi connectivity index (χ1v) is 7.90. The molecule has 0 radical (unpaired) electrons. The highest BCUT2D eigenvalue weighted by atomic mass is 16.5. The Balaban J connectivity index is 3.29. The molecule has 1 atom stereocenters. The summed E-state index contributed by atoms with van der Waals surface area (Å²) < 4.78 is 11.7. The summed E-state index contributed by atoms with van der Waals surface area (Å²) in [6.07, 6.45) is 1.09. The van der Waals surface area contributed by atoms with Crippen molar-refractivity contribution in [3.8, 4) is 5.75 Å². The standard InChI is InChI=1S/C18H31NO2/c1-8-12-19-17(18(5,6)21-9-2)15-11-10-13(3)14(4)16(15)20-7/h10-11,17,19H,8-9,12H2,1-7H3. The monoisotopic (exact) mass is 293 g/mol. The van der Waals surface area contributed by atoms with Gasteiger partial charge in [0.2, 0.25) is 0 Å². The third-order valence-corrected chi connectivity index (χ3v) is 4.03. The van der Waals surface area contributed by atoms with Gasteiger partial charge in [0, 0.05) is 12.2 Å². The lowest BCUT2D eigenvalue weighted by molar-refractivity contribution is -0.0396. The number of methoxy groups -OCH3 is 1. The predicted molar refractivity (Wildman–Crippen MR) is 89.2 cm³/mol. The molecule has 21 heavy (non-hydrogen) atoms. The SMILES string of the molecule is CCCNC(c1ccc(C)c(C)c1OC)C(C)(C)OCC. The highest BCUT2D eigenvalue weighted by Crippen LogP contribution is 2.37. The smallest absolute Gasteiger partial charge is 0.126 e. The maximum atomic E-state index is 5.99. The largest absolute Gasteiger partial charge is 0.496 e. The molecule has 0 aliphatic heterocycles. The zero-order valence-corrected chi connectivity index (χ0v) is 14.7. The van der Waals surface area contributed by atoms with Crippen LogP contribution in [0.15, 0.2) is 12.1 Å². The van der Waals surface area contributed by atoms with Crippen molar-refractivity contribution in [2.75, 3.05) is 20.3 Å². The summed E-state index contributed by atoms with van der Waals surface area (Å²) in [5, 5.41) is 3.63. The van der Waals surface area contributed by atoms with Crippen molar-refractivity contribution in [3.05, 3.63) is 28.8 Å². The summed E-state index contributed by atoms with van der Waals surface area (Å²) in [4.78, 5) is 0. The molecule has 0 aromatic heterocycles. The van der Waals surface area contributed by atoms with Gasteiger partial charge in [-0.1, -0.05) is 19.1 Å². The molecular weight excluding hydrogens is 262 g/mol. The fourth-order valence-corrected chi connectivity index (χ4v) is 2.78. The first-order valence-electron chi connectivity index (χ1n) is 7.90. The second kappa shape index (κ2) is 7.81. The maximum Gasteiger partial charge on any atom is 0.126 e. The molecule has 120 valence electrons.